The minimum absolute atomic E-state index is 0.189. The van der Waals surface area contributed by atoms with Crippen LogP contribution in [0.5, 0.6) is 0 Å². The van der Waals surface area contributed by atoms with Crippen molar-refractivity contribution in [2.24, 2.45) is 5.84 Å². The van der Waals surface area contributed by atoms with E-state index in [1.165, 1.54) is 0 Å². The van der Waals surface area contributed by atoms with E-state index in [-0.39, 0.29) is 6.23 Å². The summed E-state index contributed by atoms with van der Waals surface area (Å²) >= 11 is 0. The molecule has 0 aromatic carbocycles. The third-order valence-corrected chi connectivity index (χ3v) is 1.78. The molecule has 0 aromatic heterocycles. The quantitative estimate of drug-likeness (QED) is 0.390. The summed E-state index contributed by atoms with van der Waals surface area (Å²) < 4.78 is 5.31. The molecule has 3 N–H and O–H groups in total. The predicted octanol–water partition coefficient (Wildman–Crippen LogP) is -1.51. The molecule has 0 amide bonds. The lowest BCUT2D eigenvalue weighted by Gasteiger charge is -2.26. The van der Waals surface area contributed by atoms with Gasteiger partial charge in [-0.2, -0.15) is 0 Å². The second-order valence-corrected chi connectivity index (χ2v) is 2.64. The van der Waals surface area contributed by atoms with Crippen LogP contribution in [0.2, 0.25) is 0 Å². The second-order valence-electron chi connectivity index (χ2n) is 2.64. The standard InChI is InChI=1S/C5H11N3O/c6-8-1-4-3-9-5(2-8)7-4/h4-5,7H,1-3,6H2. The number of hydrogen-bond donors (Lipinski definition) is 2. The van der Waals surface area contributed by atoms with Crippen molar-refractivity contribution in [2.45, 2.75) is 12.3 Å². The molecule has 0 aromatic rings. The molecule has 0 radical (unpaired) electrons. The van der Waals surface area contributed by atoms with Gasteiger partial charge in [-0.25, -0.2) is 5.01 Å². The molecule has 4 nitrogen and oxygen atoms in total. The van der Waals surface area contributed by atoms with E-state index in [1.54, 1.807) is 5.01 Å². The summed E-state index contributed by atoms with van der Waals surface area (Å²) in [6, 6.07) is 0.466. The monoisotopic (exact) mass is 129 g/mol. The van der Waals surface area contributed by atoms with Gasteiger partial charge in [0, 0.05) is 12.6 Å². The fourth-order valence-corrected chi connectivity index (χ4v) is 1.37. The number of rotatable bonds is 0. The molecular formula is C5H11N3O. The van der Waals surface area contributed by atoms with Crippen LogP contribution in [0.3, 0.4) is 0 Å². The van der Waals surface area contributed by atoms with Gasteiger partial charge in [0.25, 0.3) is 0 Å². The zero-order valence-electron chi connectivity index (χ0n) is 5.21. The zero-order valence-corrected chi connectivity index (χ0v) is 5.21. The van der Waals surface area contributed by atoms with E-state index in [0.717, 1.165) is 19.7 Å². The Bertz CT molecular complexity index is 107. The van der Waals surface area contributed by atoms with Crippen LogP contribution >= 0.6 is 0 Å². The van der Waals surface area contributed by atoms with Crippen LogP contribution in [0.4, 0.5) is 0 Å². The van der Waals surface area contributed by atoms with Crippen LogP contribution in [0.15, 0.2) is 0 Å². The highest BCUT2D eigenvalue weighted by Crippen LogP contribution is 2.09. The van der Waals surface area contributed by atoms with Gasteiger partial charge >= 0.3 is 0 Å². The first kappa shape index (κ1) is 5.61. The van der Waals surface area contributed by atoms with Gasteiger partial charge in [0.15, 0.2) is 0 Å². The maximum atomic E-state index is 5.57. The topological polar surface area (TPSA) is 50.5 Å². The molecule has 2 saturated heterocycles. The van der Waals surface area contributed by atoms with Crippen molar-refractivity contribution in [2.75, 3.05) is 19.7 Å². The van der Waals surface area contributed by atoms with Gasteiger partial charge in [-0.3, -0.25) is 11.2 Å². The molecule has 4 heteroatoms. The van der Waals surface area contributed by atoms with E-state index in [4.69, 9.17) is 10.6 Å². The van der Waals surface area contributed by atoms with Gasteiger partial charge in [0.2, 0.25) is 0 Å². The molecule has 0 saturated carbocycles. The SMILES string of the molecule is NN1CC2COC(C1)N2. The summed E-state index contributed by atoms with van der Waals surface area (Å²) in [5, 5.41) is 5.08. The fourth-order valence-electron chi connectivity index (χ4n) is 1.37. The number of nitrogens with zero attached hydrogens (tertiary/aromatic N) is 1. The zero-order chi connectivity index (χ0) is 6.27. The van der Waals surface area contributed by atoms with E-state index in [1.807, 2.05) is 0 Å². The van der Waals surface area contributed by atoms with Crippen molar-refractivity contribution in [3.05, 3.63) is 0 Å². The summed E-state index contributed by atoms with van der Waals surface area (Å²) in [4.78, 5) is 0. The van der Waals surface area contributed by atoms with Gasteiger partial charge in [-0.15, -0.1) is 0 Å². The van der Waals surface area contributed by atoms with Crippen molar-refractivity contribution in [3.63, 3.8) is 0 Å². The molecule has 2 fully saturated rings. The molecule has 2 aliphatic rings. The predicted molar refractivity (Wildman–Crippen MR) is 32.4 cm³/mol. The summed E-state index contributed by atoms with van der Waals surface area (Å²) in [5.74, 6) is 5.57. The molecule has 52 valence electrons. The molecule has 2 bridgehead atoms. The number of ether oxygens (including phenoxy) is 1. The summed E-state index contributed by atoms with van der Waals surface area (Å²) in [6.07, 6.45) is 0.189. The molecular weight excluding hydrogens is 118 g/mol. The highest BCUT2D eigenvalue weighted by atomic mass is 16.5. The largest absolute Gasteiger partial charge is 0.360 e. The number of nitrogens with two attached hydrogens (primary N) is 1. The van der Waals surface area contributed by atoms with E-state index < -0.39 is 0 Å². The molecule has 9 heavy (non-hydrogen) atoms. The Morgan fingerprint density at radius 3 is 3.22 bits per heavy atom. The highest BCUT2D eigenvalue weighted by molar-refractivity contribution is 4.84. The number of hydrogen-bond acceptors (Lipinski definition) is 4. The van der Waals surface area contributed by atoms with Crippen LogP contribution in [0.1, 0.15) is 0 Å². The van der Waals surface area contributed by atoms with Gasteiger partial charge < -0.3 is 4.74 Å². The molecule has 0 spiro atoms. The van der Waals surface area contributed by atoms with Gasteiger partial charge in [-0.05, 0) is 0 Å². The van der Waals surface area contributed by atoms with Crippen LogP contribution in [0.25, 0.3) is 0 Å². The highest BCUT2D eigenvalue weighted by Gasteiger charge is 2.31. The summed E-state index contributed by atoms with van der Waals surface area (Å²) in [5.41, 5.74) is 0. The van der Waals surface area contributed by atoms with Crippen molar-refractivity contribution < 1.29 is 4.74 Å². The summed E-state index contributed by atoms with van der Waals surface area (Å²) in [6.45, 7) is 2.55. The fraction of sp³-hybridized carbons (Fsp3) is 1.00. The van der Waals surface area contributed by atoms with Crippen molar-refractivity contribution >= 4 is 0 Å². The Morgan fingerprint density at radius 2 is 2.44 bits per heavy atom. The molecule has 2 rings (SSSR count). The average Bonchev–Trinajstić information content (AvgIpc) is 2.11. The minimum Gasteiger partial charge on any atom is -0.360 e. The van der Waals surface area contributed by atoms with Gasteiger partial charge in [0.05, 0.1) is 13.2 Å². The van der Waals surface area contributed by atoms with Crippen molar-refractivity contribution in [1.82, 2.24) is 10.3 Å². The third kappa shape index (κ3) is 0.943. The van der Waals surface area contributed by atoms with Crippen molar-refractivity contribution in [1.29, 1.82) is 0 Å². The third-order valence-electron chi connectivity index (χ3n) is 1.78. The van der Waals surface area contributed by atoms with Crippen LogP contribution < -0.4 is 11.2 Å². The Kier molecular flexibility index (Phi) is 1.19. The van der Waals surface area contributed by atoms with Gasteiger partial charge in [-0.1, -0.05) is 0 Å². The smallest absolute Gasteiger partial charge is 0.122 e. The van der Waals surface area contributed by atoms with Crippen molar-refractivity contribution in [3.8, 4) is 0 Å². The molecule has 2 atom stereocenters. The molecule has 2 unspecified atom stereocenters. The van der Waals surface area contributed by atoms with Crippen LogP contribution in [-0.4, -0.2) is 37.0 Å². The lowest BCUT2D eigenvalue weighted by atomic mass is 10.3. The first-order valence-electron chi connectivity index (χ1n) is 3.22. The molecule has 0 aliphatic carbocycles. The normalized spacial score (nSPS) is 43.7. The van der Waals surface area contributed by atoms with Crippen LogP contribution in [0, 0.1) is 0 Å². The first-order chi connectivity index (χ1) is 4.34. The lowest BCUT2D eigenvalue weighted by Crippen LogP contribution is -2.54. The van der Waals surface area contributed by atoms with E-state index in [9.17, 15) is 0 Å². The number of nitrogens with one attached hydrogen (secondary N) is 1. The van der Waals surface area contributed by atoms with Crippen LogP contribution in [-0.2, 0) is 4.74 Å². The van der Waals surface area contributed by atoms with Gasteiger partial charge in [0.1, 0.15) is 6.23 Å². The first-order valence-corrected chi connectivity index (χ1v) is 3.22. The maximum Gasteiger partial charge on any atom is 0.122 e. The Hall–Kier alpha value is -0.160. The average molecular weight is 129 g/mol. The molecule has 2 heterocycles. The number of piperazine rings is 1. The Balaban J connectivity index is 2.03. The summed E-state index contributed by atoms with van der Waals surface area (Å²) in [7, 11) is 0. The van der Waals surface area contributed by atoms with E-state index >= 15 is 0 Å². The van der Waals surface area contributed by atoms with E-state index in [0.29, 0.717) is 6.04 Å². The second kappa shape index (κ2) is 1.91. The Morgan fingerprint density at radius 1 is 1.56 bits per heavy atom. The lowest BCUT2D eigenvalue weighted by molar-refractivity contribution is 0.0691. The Labute approximate surface area is 53.9 Å². The number of hydrazine groups is 1. The molecule has 2 aliphatic heterocycles. The number of fused-ring (bicyclic) bond motifs is 2. The minimum atomic E-state index is 0.189. The van der Waals surface area contributed by atoms with E-state index in [2.05, 4.69) is 5.32 Å². The maximum absolute atomic E-state index is 5.57.